The summed E-state index contributed by atoms with van der Waals surface area (Å²) in [6.07, 6.45) is 0. The summed E-state index contributed by atoms with van der Waals surface area (Å²) in [4.78, 5) is 0. The normalized spacial score (nSPS) is 7.80. The van der Waals surface area contributed by atoms with Gasteiger partial charge in [-0.25, -0.2) is 0 Å². The second-order valence-electron chi connectivity index (χ2n) is 1.44. The van der Waals surface area contributed by atoms with E-state index in [0.29, 0.717) is 23.0 Å². The molecular formula is C6H4Br2OSb. The van der Waals surface area contributed by atoms with Crippen LogP contribution in [0.4, 0.5) is 0 Å². The molecule has 1 nitrogen and oxygen atoms in total. The van der Waals surface area contributed by atoms with Crippen molar-refractivity contribution in [3.8, 4) is 0 Å². The zero-order valence-electron chi connectivity index (χ0n) is 4.92. The van der Waals surface area contributed by atoms with Crippen molar-refractivity contribution in [3.05, 3.63) is 33.2 Å². The zero-order chi connectivity index (χ0) is 7.98. The molecule has 0 bridgehead atoms. The van der Waals surface area contributed by atoms with Gasteiger partial charge in [0.05, 0.1) is 0 Å². The Labute approximate surface area is 90.3 Å². The minimum atomic E-state index is 0.500. The summed E-state index contributed by atoms with van der Waals surface area (Å²) in [5.41, 5.74) is 0. The molecule has 0 fully saturated rings. The first kappa shape index (κ1) is 10.8. The van der Waals surface area contributed by atoms with Crippen molar-refractivity contribution in [2.45, 2.75) is 0 Å². The van der Waals surface area contributed by atoms with Crippen molar-refractivity contribution in [1.29, 1.82) is 0 Å². The molecule has 0 spiro atoms. The summed E-state index contributed by atoms with van der Waals surface area (Å²) in [5.74, 6) is 0. The van der Waals surface area contributed by atoms with Gasteiger partial charge in [0, 0.05) is 8.95 Å². The van der Waals surface area contributed by atoms with Crippen molar-refractivity contribution in [3.63, 3.8) is 0 Å². The summed E-state index contributed by atoms with van der Waals surface area (Å²) < 4.78 is 10.5. The molecule has 0 amide bonds. The Morgan fingerprint density at radius 2 is 1.10 bits per heavy atom. The van der Waals surface area contributed by atoms with E-state index >= 15 is 0 Å². The van der Waals surface area contributed by atoms with E-state index in [4.69, 9.17) is 3.02 Å². The van der Waals surface area contributed by atoms with Crippen LogP contribution in [0.2, 0.25) is 0 Å². The molecule has 0 unspecified atom stereocenters. The first-order valence-electron chi connectivity index (χ1n) is 2.38. The first-order chi connectivity index (χ1) is 4.79. The van der Waals surface area contributed by atoms with Crippen molar-refractivity contribution in [2.24, 2.45) is 0 Å². The SMILES string of the molecule is Brc1ccc(Br)cc1.[O]=[Sb]. The van der Waals surface area contributed by atoms with E-state index in [9.17, 15) is 0 Å². The Bertz CT molecular complexity index is 166. The Morgan fingerprint density at radius 1 is 0.900 bits per heavy atom. The minimum absolute atomic E-state index is 0.500. The molecule has 0 aliphatic rings. The summed E-state index contributed by atoms with van der Waals surface area (Å²) in [6, 6.07) is 7.96. The molecule has 0 atom stereocenters. The molecular weight excluding hydrogens is 370 g/mol. The summed E-state index contributed by atoms with van der Waals surface area (Å²) in [5, 5.41) is 0. The molecule has 0 aliphatic heterocycles. The molecule has 1 radical (unpaired) electrons. The Morgan fingerprint density at radius 3 is 1.30 bits per heavy atom. The van der Waals surface area contributed by atoms with Crippen LogP contribution in [0.25, 0.3) is 0 Å². The van der Waals surface area contributed by atoms with Crippen molar-refractivity contribution in [1.82, 2.24) is 0 Å². The van der Waals surface area contributed by atoms with E-state index < -0.39 is 0 Å². The third kappa shape index (κ3) is 4.59. The molecule has 0 aromatic heterocycles. The number of rotatable bonds is 0. The van der Waals surface area contributed by atoms with Gasteiger partial charge in [0.15, 0.2) is 0 Å². The van der Waals surface area contributed by atoms with Crippen LogP contribution in [-0.4, -0.2) is 23.0 Å². The number of hydrogen-bond donors (Lipinski definition) is 0. The number of benzene rings is 1. The standard InChI is InChI=1S/C6H4Br2.O.Sb/c7-5-1-2-6(8)4-3-5;;/h1-4H;;. The van der Waals surface area contributed by atoms with Gasteiger partial charge < -0.3 is 0 Å². The van der Waals surface area contributed by atoms with Gasteiger partial charge in [-0.05, 0) is 24.3 Å². The summed E-state index contributed by atoms with van der Waals surface area (Å²) in [7, 11) is 0. The molecule has 0 saturated carbocycles. The van der Waals surface area contributed by atoms with Crippen molar-refractivity contribution in [2.75, 3.05) is 0 Å². The van der Waals surface area contributed by atoms with E-state index in [1.807, 2.05) is 24.3 Å². The molecule has 53 valence electrons. The Balaban J connectivity index is 0.000000371. The third-order valence-corrected chi connectivity index (χ3v) is 1.86. The Kier molecular flexibility index (Phi) is 7.02. The van der Waals surface area contributed by atoms with Crippen LogP contribution in [0.3, 0.4) is 0 Å². The average molecular weight is 374 g/mol. The van der Waals surface area contributed by atoms with Gasteiger partial charge in [0.25, 0.3) is 0 Å². The molecule has 0 N–H and O–H groups in total. The predicted octanol–water partition coefficient (Wildman–Crippen LogP) is 2.71. The Hall–Kier alpha value is 0.798. The van der Waals surface area contributed by atoms with E-state index in [-0.39, 0.29) is 0 Å². The summed E-state index contributed by atoms with van der Waals surface area (Å²) in [6.45, 7) is 0. The van der Waals surface area contributed by atoms with Crippen molar-refractivity contribution < 1.29 is 3.02 Å². The number of hydrogen-bond acceptors (Lipinski definition) is 1. The van der Waals surface area contributed by atoms with E-state index in [1.165, 1.54) is 0 Å². The van der Waals surface area contributed by atoms with E-state index in [1.54, 1.807) is 0 Å². The molecule has 0 aliphatic carbocycles. The van der Waals surface area contributed by atoms with Gasteiger partial charge in [-0.3, -0.25) is 0 Å². The first-order valence-corrected chi connectivity index (χ1v) is 5.01. The van der Waals surface area contributed by atoms with Gasteiger partial charge in [0.1, 0.15) is 0 Å². The molecule has 0 saturated heterocycles. The van der Waals surface area contributed by atoms with E-state index in [2.05, 4.69) is 31.9 Å². The maximum absolute atomic E-state index is 8.30. The van der Waals surface area contributed by atoms with Gasteiger partial charge >= 0.3 is 26.0 Å². The molecule has 10 heavy (non-hydrogen) atoms. The van der Waals surface area contributed by atoms with Crippen molar-refractivity contribution >= 4 is 54.9 Å². The second kappa shape index (κ2) is 6.50. The van der Waals surface area contributed by atoms with Crippen LogP contribution >= 0.6 is 31.9 Å². The maximum atomic E-state index is 8.30. The van der Waals surface area contributed by atoms with Crippen LogP contribution in [0, 0.1) is 0 Å². The fraction of sp³-hybridized carbons (Fsp3) is 0. The van der Waals surface area contributed by atoms with Gasteiger partial charge in [-0.15, -0.1) is 0 Å². The molecule has 4 heteroatoms. The summed E-state index contributed by atoms with van der Waals surface area (Å²) >= 11 is 7.15. The quantitative estimate of drug-likeness (QED) is 0.639. The van der Waals surface area contributed by atoms with E-state index in [0.717, 1.165) is 8.95 Å². The van der Waals surface area contributed by atoms with Gasteiger partial charge in [-0.2, -0.15) is 0 Å². The molecule has 0 heterocycles. The fourth-order valence-electron chi connectivity index (χ4n) is 0.430. The fourth-order valence-corrected chi connectivity index (χ4v) is 0.958. The predicted molar refractivity (Wildman–Crippen MR) is 48.3 cm³/mol. The second-order valence-corrected chi connectivity index (χ2v) is 3.27. The van der Waals surface area contributed by atoms with Crippen LogP contribution in [0.5, 0.6) is 0 Å². The van der Waals surface area contributed by atoms with Crippen LogP contribution in [-0.2, 0) is 3.02 Å². The van der Waals surface area contributed by atoms with Crippen LogP contribution in [0.1, 0.15) is 0 Å². The number of halogens is 2. The van der Waals surface area contributed by atoms with Crippen LogP contribution < -0.4 is 0 Å². The average Bonchev–Trinajstić information content (AvgIpc) is 2.00. The molecule has 1 rings (SSSR count). The van der Waals surface area contributed by atoms with Gasteiger partial charge in [0.2, 0.25) is 0 Å². The van der Waals surface area contributed by atoms with Gasteiger partial charge in [-0.1, -0.05) is 31.9 Å². The monoisotopic (exact) mass is 371 g/mol. The zero-order valence-corrected chi connectivity index (χ0v) is 10.6. The molecule has 1 aromatic rings. The topological polar surface area (TPSA) is 17.1 Å². The van der Waals surface area contributed by atoms with Crippen LogP contribution in [0.15, 0.2) is 33.2 Å². The third-order valence-electron chi connectivity index (χ3n) is 0.804. The molecule has 1 aromatic carbocycles.